The minimum Gasteiger partial charge on any atom is -0.379 e. The first kappa shape index (κ1) is 14.2. The minimum atomic E-state index is -2.73. The highest BCUT2D eigenvalue weighted by Crippen LogP contribution is 2.11. The van der Waals surface area contributed by atoms with Crippen LogP contribution in [-0.2, 0) is 14.6 Å². The summed E-state index contributed by atoms with van der Waals surface area (Å²) in [6.45, 7) is 5.90. The van der Waals surface area contributed by atoms with Crippen LogP contribution in [0.2, 0.25) is 0 Å². The van der Waals surface area contributed by atoms with Crippen LogP contribution in [0.15, 0.2) is 0 Å². The van der Waals surface area contributed by atoms with E-state index in [4.69, 9.17) is 4.74 Å². The molecule has 0 spiro atoms. The van der Waals surface area contributed by atoms with Gasteiger partial charge in [0.2, 0.25) is 0 Å². The second kappa shape index (κ2) is 6.84. The van der Waals surface area contributed by atoms with E-state index >= 15 is 0 Å². The summed E-state index contributed by atoms with van der Waals surface area (Å²) in [6, 6.07) is 0.401. The summed E-state index contributed by atoms with van der Waals surface area (Å²) in [5.41, 5.74) is 0. The first-order chi connectivity index (χ1) is 8.66. The first-order valence-electron chi connectivity index (χ1n) is 6.90. The van der Waals surface area contributed by atoms with Crippen molar-refractivity contribution < 1.29 is 13.2 Å². The summed E-state index contributed by atoms with van der Waals surface area (Å²) in [5, 5.41) is 3.48. The minimum absolute atomic E-state index is 0.355. The number of nitrogens with zero attached hydrogens (tertiary/aromatic N) is 1. The Hall–Kier alpha value is -0.170. The van der Waals surface area contributed by atoms with Crippen molar-refractivity contribution >= 4 is 9.84 Å². The molecule has 6 heteroatoms. The predicted molar refractivity (Wildman–Crippen MR) is 71.6 cm³/mol. The van der Waals surface area contributed by atoms with Gasteiger partial charge in [-0.3, -0.25) is 4.90 Å². The van der Waals surface area contributed by atoms with E-state index in [0.717, 1.165) is 58.7 Å². The van der Waals surface area contributed by atoms with E-state index in [9.17, 15) is 8.42 Å². The lowest BCUT2D eigenvalue weighted by molar-refractivity contribution is 0.0374. The van der Waals surface area contributed by atoms with Gasteiger partial charge in [-0.05, 0) is 32.4 Å². The van der Waals surface area contributed by atoms with Gasteiger partial charge < -0.3 is 10.1 Å². The molecule has 0 atom stereocenters. The average molecular weight is 276 g/mol. The Labute approximate surface area is 110 Å². The van der Waals surface area contributed by atoms with Crippen LogP contribution < -0.4 is 5.32 Å². The van der Waals surface area contributed by atoms with Crippen molar-refractivity contribution in [1.29, 1.82) is 0 Å². The highest BCUT2D eigenvalue weighted by molar-refractivity contribution is 7.91. The summed E-state index contributed by atoms with van der Waals surface area (Å²) < 4.78 is 27.9. The number of sulfone groups is 1. The number of rotatable bonds is 5. The number of ether oxygens (including phenoxy) is 1. The molecule has 0 aliphatic carbocycles. The molecule has 5 nitrogen and oxygen atoms in total. The van der Waals surface area contributed by atoms with Crippen LogP contribution in [0.4, 0.5) is 0 Å². The van der Waals surface area contributed by atoms with Crippen molar-refractivity contribution in [1.82, 2.24) is 10.2 Å². The molecular formula is C12H24N2O3S. The molecule has 2 fully saturated rings. The second-order valence-corrected chi connectivity index (χ2v) is 7.49. The van der Waals surface area contributed by atoms with Crippen LogP contribution in [-0.4, -0.2) is 70.3 Å². The van der Waals surface area contributed by atoms with Gasteiger partial charge in [0.1, 0.15) is 9.84 Å². The van der Waals surface area contributed by atoms with Crippen molar-refractivity contribution in [3.05, 3.63) is 0 Å². The molecule has 18 heavy (non-hydrogen) atoms. The molecule has 2 aliphatic rings. The lowest BCUT2D eigenvalue weighted by Gasteiger charge is -2.27. The van der Waals surface area contributed by atoms with Crippen molar-refractivity contribution in [3.8, 4) is 0 Å². The molecule has 0 unspecified atom stereocenters. The number of hydrogen-bond acceptors (Lipinski definition) is 5. The van der Waals surface area contributed by atoms with E-state index in [-0.39, 0.29) is 0 Å². The van der Waals surface area contributed by atoms with Gasteiger partial charge in [0.05, 0.1) is 24.7 Å². The fourth-order valence-corrected chi connectivity index (χ4v) is 4.02. The third kappa shape index (κ3) is 4.84. The molecule has 2 heterocycles. The molecule has 0 aromatic rings. The molecule has 1 N–H and O–H groups in total. The standard InChI is InChI=1S/C12H24N2O3S/c15-18(16)10-2-12(3-11-18)13-4-1-5-14-6-8-17-9-7-14/h12-13H,1-11H2. The van der Waals surface area contributed by atoms with Crippen molar-refractivity contribution in [2.45, 2.75) is 25.3 Å². The molecule has 0 aromatic carbocycles. The van der Waals surface area contributed by atoms with Crippen LogP contribution in [0, 0.1) is 0 Å². The van der Waals surface area contributed by atoms with E-state index in [0.29, 0.717) is 17.5 Å². The Morgan fingerprint density at radius 1 is 1.17 bits per heavy atom. The predicted octanol–water partition coefficient (Wildman–Crippen LogP) is -0.124. The monoisotopic (exact) mass is 276 g/mol. The fourth-order valence-electron chi connectivity index (χ4n) is 2.53. The molecule has 0 bridgehead atoms. The Balaban J connectivity index is 1.53. The zero-order chi connectivity index (χ0) is 12.8. The van der Waals surface area contributed by atoms with Gasteiger partial charge in [-0.25, -0.2) is 8.42 Å². The average Bonchev–Trinajstić information content (AvgIpc) is 2.37. The fraction of sp³-hybridized carbons (Fsp3) is 1.00. The van der Waals surface area contributed by atoms with Gasteiger partial charge in [-0.1, -0.05) is 0 Å². The summed E-state index contributed by atoms with van der Waals surface area (Å²) in [7, 11) is -2.73. The Morgan fingerprint density at radius 2 is 1.83 bits per heavy atom. The second-order valence-electron chi connectivity index (χ2n) is 5.19. The Bertz CT molecular complexity index is 325. The van der Waals surface area contributed by atoms with Crippen LogP contribution in [0.1, 0.15) is 19.3 Å². The SMILES string of the molecule is O=S1(=O)CCC(NCCCN2CCOCC2)CC1. The molecule has 2 aliphatic heterocycles. The molecule has 0 saturated carbocycles. The summed E-state index contributed by atoms with van der Waals surface area (Å²) in [5.74, 6) is 0.711. The molecule has 2 saturated heterocycles. The quantitative estimate of drug-likeness (QED) is 0.709. The molecule has 0 amide bonds. The number of nitrogens with one attached hydrogen (secondary N) is 1. The normalized spacial score (nSPS) is 26.2. The van der Waals surface area contributed by atoms with Gasteiger partial charge in [0.25, 0.3) is 0 Å². The first-order valence-corrected chi connectivity index (χ1v) is 8.72. The van der Waals surface area contributed by atoms with Crippen LogP contribution in [0.5, 0.6) is 0 Å². The third-order valence-corrected chi connectivity index (χ3v) is 5.46. The molecule has 106 valence electrons. The van der Waals surface area contributed by atoms with Crippen molar-refractivity contribution in [2.24, 2.45) is 0 Å². The molecule has 0 radical (unpaired) electrons. The maximum atomic E-state index is 11.3. The van der Waals surface area contributed by atoms with Crippen LogP contribution in [0.3, 0.4) is 0 Å². The lowest BCUT2D eigenvalue weighted by atomic mass is 10.1. The summed E-state index contributed by atoms with van der Waals surface area (Å²) in [4.78, 5) is 2.43. The largest absolute Gasteiger partial charge is 0.379 e. The van der Waals surface area contributed by atoms with Crippen LogP contribution >= 0.6 is 0 Å². The zero-order valence-electron chi connectivity index (χ0n) is 10.9. The number of hydrogen-bond donors (Lipinski definition) is 1. The Morgan fingerprint density at radius 3 is 2.50 bits per heavy atom. The van der Waals surface area contributed by atoms with E-state index in [1.807, 2.05) is 0 Å². The van der Waals surface area contributed by atoms with Gasteiger partial charge in [-0.15, -0.1) is 0 Å². The van der Waals surface area contributed by atoms with E-state index in [1.54, 1.807) is 0 Å². The molecule has 0 aromatic heterocycles. The molecular weight excluding hydrogens is 252 g/mol. The van der Waals surface area contributed by atoms with E-state index in [2.05, 4.69) is 10.2 Å². The highest BCUT2D eigenvalue weighted by atomic mass is 32.2. The summed E-state index contributed by atoms with van der Waals surface area (Å²) in [6.07, 6.45) is 2.68. The maximum Gasteiger partial charge on any atom is 0.150 e. The summed E-state index contributed by atoms with van der Waals surface area (Å²) >= 11 is 0. The van der Waals surface area contributed by atoms with Gasteiger partial charge in [0.15, 0.2) is 0 Å². The van der Waals surface area contributed by atoms with E-state index < -0.39 is 9.84 Å². The van der Waals surface area contributed by atoms with Gasteiger partial charge >= 0.3 is 0 Å². The lowest BCUT2D eigenvalue weighted by Crippen LogP contribution is -2.40. The van der Waals surface area contributed by atoms with Crippen molar-refractivity contribution in [3.63, 3.8) is 0 Å². The van der Waals surface area contributed by atoms with Gasteiger partial charge in [-0.2, -0.15) is 0 Å². The van der Waals surface area contributed by atoms with E-state index in [1.165, 1.54) is 0 Å². The smallest absolute Gasteiger partial charge is 0.150 e. The maximum absolute atomic E-state index is 11.3. The topological polar surface area (TPSA) is 58.6 Å². The van der Waals surface area contributed by atoms with Crippen LogP contribution in [0.25, 0.3) is 0 Å². The Kier molecular flexibility index (Phi) is 5.41. The number of morpholine rings is 1. The highest BCUT2D eigenvalue weighted by Gasteiger charge is 2.22. The van der Waals surface area contributed by atoms with Gasteiger partial charge in [0, 0.05) is 19.1 Å². The third-order valence-electron chi connectivity index (χ3n) is 3.74. The molecule has 2 rings (SSSR count). The van der Waals surface area contributed by atoms with Crippen molar-refractivity contribution in [2.75, 3.05) is 50.9 Å². The zero-order valence-corrected chi connectivity index (χ0v) is 11.8.